The topological polar surface area (TPSA) is 583 Å². The lowest BCUT2D eigenvalue weighted by Crippen LogP contribution is -2.62. The number of hydrogen-bond donors (Lipinski definition) is 17. The molecule has 0 spiro atoms. The predicted molar refractivity (Wildman–Crippen MR) is 493 cm³/mol. The highest BCUT2D eigenvalue weighted by Crippen LogP contribution is 2.27. The second-order valence-electron chi connectivity index (χ2n) is 34.7. The minimum atomic E-state index is -1.74. The third-order valence-electron chi connectivity index (χ3n) is 23.7. The van der Waals surface area contributed by atoms with Crippen molar-refractivity contribution >= 4 is 134 Å². The number of hydrogen-bond acceptors (Lipinski definition) is 21. The number of nitrogens with two attached hydrogens (primary N) is 4. The quantitative estimate of drug-likeness (QED) is 0.0335. The van der Waals surface area contributed by atoms with Crippen LogP contribution in [0.5, 0.6) is 5.75 Å². The number of phenolic OH excluding ortho intramolecular Hbond substituents is 1. The molecule has 718 valence electrons. The molecule has 17 amide bonds. The molecule has 14 atom stereocenters. The van der Waals surface area contributed by atoms with Crippen LogP contribution >= 0.6 is 11.8 Å². The molecule has 2 aliphatic rings. The fourth-order valence-corrected chi connectivity index (χ4v) is 17.0. The molecule has 2 fully saturated rings. The number of nitrogens with one attached hydrogen (secondary N) is 12. The second-order valence-corrected chi connectivity index (χ2v) is 35.7. The van der Waals surface area contributed by atoms with Crippen LogP contribution in [0.1, 0.15) is 168 Å². The second kappa shape index (κ2) is 51.4. The molecule has 0 aliphatic carbocycles. The number of thioether (sulfide) groups is 1. The summed E-state index contributed by atoms with van der Waals surface area (Å²) in [6, 6.07) is -0.238. The number of nitrogens with zero attached hydrogens (tertiary/aromatic N) is 5. The van der Waals surface area contributed by atoms with Crippen LogP contribution in [0.4, 0.5) is 0 Å². The van der Waals surface area contributed by atoms with Gasteiger partial charge in [0.25, 0.3) is 0 Å². The zero-order valence-electron chi connectivity index (χ0n) is 77.1. The molecular formula is C91H135N21O18S. The maximum absolute atomic E-state index is 15.8. The Bertz CT molecular complexity index is 4810. The van der Waals surface area contributed by atoms with Crippen LogP contribution in [0.25, 0.3) is 21.8 Å². The Balaban J connectivity index is 1.32. The van der Waals surface area contributed by atoms with Crippen molar-refractivity contribution < 1.29 is 86.6 Å². The standard InChI is InChI=1S/C91H135N21O18S/c1-13-16-28-71-84(123)102-64(42-55-46-96-60-26-21-19-24-58(55)60)82(121)100-62(36-37-92)80(119)105-67(43-56-47-97-61-27-22-20-25-59(56)61)89(128)111(12)74(30-18-15-3)91(130)110(11)72(29-17-14-2)85(124)101-63(39-51(4)5)81(120)107-70(79(118)98-48-76(95)115)49-131-50-77(116)99-66(41-54-32-34-57(113)35-33-54)87(126)108(9)53(8)78(117)103-68(44-75(94)114)90(129)112-38-23-31-73(112)86(125)106-69(45-93)83(122)104-65(40-52(6)7)88(127)109(71)10/h19-22,24-27,32-35,46-47,51-53,62-74,96-97,113H,13-18,23,28-31,36-45,48-50,92-93H2,1-12H3,(H2,94,114)(H2,95,115)(H,98,118)(H,99,116)(H,100,121)(H,101,124)(H,102,123)(H,103,117)(H,104,122)(H,105,119)(H,106,125)(H,107,120)/t53-,62-,63-,64-,65-,66-,67-,68-,69-,70-,71-,72-,73-,74-/m0/s1. The van der Waals surface area contributed by atoms with Gasteiger partial charge in [0.15, 0.2) is 0 Å². The number of aromatic hydroxyl groups is 1. The van der Waals surface area contributed by atoms with Gasteiger partial charge in [0.2, 0.25) is 100 Å². The summed E-state index contributed by atoms with van der Waals surface area (Å²) in [6.07, 6.45) is 4.81. The van der Waals surface area contributed by atoms with E-state index in [4.69, 9.17) is 22.9 Å². The number of fused-ring (bicyclic) bond motifs is 3. The zero-order valence-corrected chi connectivity index (χ0v) is 77.9. The minimum Gasteiger partial charge on any atom is -0.508 e. The van der Waals surface area contributed by atoms with Gasteiger partial charge in [0.05, 0.1) is 18.7 Å². The van der Waals surface area contributed by atoms with E-state index in [1.54, 1.807) is 58.3 Å². The maximum atomic E-state index is 15.8. The van der Waals surface area contributed by atoms with Gasteiger partial charge in [-0.1, -0.05) is 136 Å². The number of amides is 17. The number of primary amides is 2. The molecule has 2 aliphatic heterocycles. The van der Waals surface area contributed by atoms with Crippen LogP contribution in [0, 0.1) is 11.8 Å². The van der Waals surface area contributed by atoms with Crippen LogP contribution in [-0.2, 0) is 101 Å². The van der Waals surface area contributed by atoms with Crippen molar-refractivity contribution in [2.75, 3.05) is 65.9 Å². The van der Waals surface area contributed by atoms with Crippen molar-refractivity contribution in [3.8, 4) is 5.75 Å². The first-order valence-electron chi connectivity index (χ1n) is 45.1. The molecule has 5 aromatic rings. The van der Waals surface area contributed by atoms with Crippen molar-refractivity contribution in [3.63, 3.8) is 0 Å². The highest BCUT2D eigenvalue weighted by atomic mass is 32.2. The molecule has 0 unspecified atom stereocenters. The van der Waals surface area contributed by atoms with Crippen LogP contribution in [0.2, 0.25) is 0 Å². The molecule has 0 saturated carbocycles. The Labute approximate surface area is 768 Å². The molecule has 0 bridgehead atoms. The van der Waals surface area contributed by atoms with Gasteiger partial charge in [-0.05, 0) is 118 Å². The Kier molecular flexibility index (Phi) is 41.5. The van der Waals surface area contributed by atoms with Crippen molar-refractivity contribution in [3.05, 3.63) is 102 Å². The third kappa shape index (κ3) is 30.4. The van der Waals surface area contributed by atoms with Crippen molar-refractivity contribution in [2.45, 2.75) is 256 Å². The van der Waals surface area contributed by atoms with Gasteiger partial charge >= 0.3 is 0 Å². The summed E-state index contributed by atoms with van der Waals surface area (Å²) in [7, 11) is 5.43. The molecule has 3 aromatic carbocycles. The van der Waals surface area contributed by atoms with Gasteiger partial charge in [0, 0.05) is 100 Å². The Hall–Kier alpha value is -12.2. The van der Waals surface area contributed by atoms with Crippen LogP contribution in [0.3, 0.4) is 0 Å². The smallest absolute Gasteiger partial charge is 0.246 e. The molecule has 4 heterocycles. The number of carbonyl (C=O) groups excluding carboxylic acids is 17. The highest BCUT2D eigenvalue weighted by Gasteiger charge is 2.45. The lowest BCUT2D eigenvalue weighted by atomic mass is 9.99. The fourth-order valence-electron chi connectivity index (χ4n) is 16.1. The van der Waals surface area contributed by atoms with Gasteiger partial charge in [-0.3, -0.25) is 81.5 Å². The summed E-state index contributed by atoms with van der Waals surface area (Å²) in [6.45, 7) is 12.5. The van der Waals surface area contributed by atoms with E-state index in [2.05, 4.69) is 63.1 Å². The Morgan fingerprint density at radius 3 is 1.49 bits per heavy atom. The number of aromatic amines is 2. The summed E-state index contributed by atoms with van der Waals surface area (Å²) >= 11 is 0.807. The molecule has 2 aromatic heterocycles. The van der Waals surface area contributed by atoms with Crippen LogP contribution in [0.15, 0.2) is 85.2 Å². The summed E-state index contributed by atoms with van der Waals surface area (Å²) in [5.41, 5.74) is 26.6. The van der Waals surface area contributed by atoms with Crippen molar-refractivity contribution in [2.24, 2.45) is 34.8 Å². The number of rotatable bonds is 27. The van der Waals surface area contributed by atoms with Gasteiger partial charge in [-0.15, -0.1) is 11.8 Å². The SMILES string of the molecule is CCCC[C@H]1C(=O)N[C@@H](Cc2c[nH]c3ccccc23)C(=O)N[C@@H](CCN)C(=O)N[C@@H](Cc2c[nH]c3ccccc23)C(=O)N(C)[C@@H](CCCC)C(=O)N(C)[C@@H](CCCC)C(=O)N[C@@H](CC(C)C)C(=O)N[C@H](C(=O)NCC(N)=O)CSCC(=O)N[C@@H](Cc2ccc(O)cc2)C(=O)N(C)[C@@H](C)C(=O)N[C@@H](CC(N)=O)C(=O)N2CCC[C@H]2C(=O)N[C@@H](CN)C(=O)N[C@@H](CC(C)C)C(=O)N1C. The first-order valence-corrected chi connectivity index (χ1v) is 46.2. The molecule has 39 nitrogen and oxygen atoms in total. The highest BCUT2D eigenvalue weighted by molar-refractivity contribution is 8.00. The fraction of sp³-hybridized carbons (Fsp3) is 0.571. The average molecular weight is 1840 g/mol. The number of carbonyl (C=O) groups is 17. The lowest BCUT2D eigenvalue weighted by Gasteiger charge is -2.36. The number of aromatic nitrogens is 2. The normalized spacial score (nSPS) is 24.3. The minimum absolute atomic E-state index is 0.0106. The number of likely N-dealkylation sites (N-methyl/N-ethyl adjacent to an activating group) is 4. The first-order chi connectivity index (χ1) is 62.2. The zero-order chi connectivity index (χ0) is 96.6. The number of H-pyrrole nitrogens is 2. The van der Waals surface area contributed by atoms with Gasteiger partial charge < -0.3 is 116 Å². The van der Waals surface area contributed by atoms with Gasteiger partial charge in [-0.25, -0.2) is 0 Å². The van der Waals surface area contributed by atoms with Crippen molar-refractivity contribution in [1.29, 1.82) is 0 Å². The molecule has 0 radical (unpaired) electrons. The van der Waals surface area contributed by atoms with E-state index in [-0.39, 0.29) is 107 Å². The van der Waals surface area contributed by atoms with E-state index in [9.17, 15) is 53.1 Å². The average Bonchev–Trinajstić information content (AvgIpc) is 1.69. The predicted octanol–water partition coefficient (Wildman–Crippen LogP) is 0.259. The van der Waals surface area contributed by atoms with E-state index in [1.165, 1.54) is 74.1 Å². The first kappa shape index (κ1) is 106. The van der Waals surface area contributed by atoms with E-state index < -0.39 is 210 Å². The van der Waals surface area contributed by atoms with E-state index in [0.717, 1.165) is 21.6 Å². The monoisotopic (exact) mass is 1840 g/mol. The van der Waals surface area contributed by atoms with Crippen LogP contribution < -0.4 is 76.1 Å². The number of phenols is 1. The Morgan fingerprint density at radius 1 is 0.481 bits per heavy atom. The van der Waals surface area contributed by atoms with Gasteiger partial charge in [-0.2, -0.15) is 0 Å². The lowest BCUT2D eigenvalue weighted by molar-refractivity contribution is -0.149. The third-order valence-corrected chi connectivity index (χ3v) is 24.7. The van der Waals surface area contributed by atoms with E-state index in [0.29, 0.717) is 77.0 Å². The molecule has 21 N–H and O–H groups in total. The molecule has 40 heteroatoms. The summed E-state index contributed by atoms with van der Waals surface area (Å²) in [4.78, 5) is 262. The summed E-state index contributed by atoms with van der Waals surface area (Å²) < 4.78 is 0. The number of benzene rings is 3. The van der Waals surface area contributed by atoms with Gasteiger partial charge in [0.1, 0.15) is 90.3 Å². The van der Waals surface area contributed by atoms with Crippen molar-refractivity contribution in [1.82, 2.24) is 87.6 Å². The molecule has 2 saturated heterocycles. The number of para-hydroxylation sites is 2. The Morgan fingerprint density at radius 2 is 0.939 bits per heavy atom. The summed E-state index contributed by atoms with van der Waals surface area (Å²) in [5, 5.41) is 38.6. The van der Waals surface area contributed by atoms with E-state index >= 15 is 33.6 Å². The maximum Gasteiger partial charge on any atom is 0.246 e. The number of unbranched alkanes of at least 4 members (excludes halogenated alkanes) is 3. The summed E-state index contributed by atoms with van der Waals surface area (Å²) in [5.74, 6) is -16.4. The largest absolute Gasteiger partial charge is 0.508 e. The molecule has 131 heavy (non-hydrogen) atoms. The van der Waals surface area contributed by atoms with E-state index in [1.807, 2.05) is 51.1 Å². The molecular weight excluding hydrogens is 1710 g/mol. The molecule has 7 rings (SSSR count). The van der Waals surface area contributed by atoms with Crippen LogP contribution in [-0.4, -0.2) is 290 Å².